The van der Waals surface area contributed by atoms with Crippen molar-refractivity contribution in [2.24, 2.45) is 5.92 Å². The molecule has 0 N–H and O–H groups in total. The molecule has 1 amide bonds. The number of benzene rings is 2. The van der Waals surface area contributed by atoms with Crippen LogP contribution in [0.5, 0.6) is 5.75 Å². The van der Waals surface area contributed by atoms with Crippen LogP contribution >= 0.6 is 0 Å². The first-order valence-electron chi connectivity index (χ1n) is 10.6. The molecule has 4 rings (SSSR count). The van der Waals surface area contributed by atoms with Crippen LogP contribution < -0.4 is 9.64 Å². The summed E-state index contributed by atoms with van der Waals surface area (Å²) in [6.07, 6.45) is 3.34. The quantitative estimate of drug-likeness (QED) is 0.484. The van der Waals surface area contributed by atoms with Gasteiger partial charge in [-0.3, -0.25) is 9.59 Å². The van der Waals surface area contributed by atoms with Crippen molar-refractivity contribution < 1.29 is 28.2 Å². The number of esters is 1. The number of anilines is 1. The first-order valence-corrected chi connectivity index (χ1v) is 10.6. The molecule has 1 unspecified atom stereocenters. The second-order valence-corrected chi connectivity index (χ2v) is 7.83. The highest BCUT2D eigenvalue weighted by Crippen LogP contribution is 2.45. The molecule has 2 fully saturated rings. The average molecular weight is 427 g/mol. The lowest BCUT2D eigenvalue weighted by Gasteiger charge is -2.47. The number of rotatable bonds is 7. The molecule has 2 aromatic carbocycles. The highest BCUT2D eigenvalue weighted by molar-refractivity contribution is 6.03. The van der Waals surface area contributed by atoms with Crippen molar-refractivity contribution in [2.45, 2.75) is 44.4 Å². The van der Waals surface area contributed by atoms with Crippen LogP contribution in [0.2, 0.25) is 0 Å². The normalized spacial score (nSPS) is 23.2. The van der Waals surface area contributed by atoms with Crippen LogP contribution in [0.1, 0.15) is 43.7 Å². The molecule has 7 heteroatoms. The zero-order valence-corrected chi connectivity index (χ0v) is 17.5. The Hall–Kier alpha value is -2.93. The van der Waals surface area contributed by atoms with Crippen molar-refractivity contribution in [3.8, 4) is 5.75 Å². The molecule has 0 aliphatic carbocycles. The number of carbonyl (C=O) groups is 2. The lowest BCUT2D eigenvalue weighted by atomic mass is 9.79. The third-order valence-electron chi connectivity index (χ3n) is 5.83. The van der Waals surface area contributed by atoms with Gasteiger partial charge < -0.3 is 19.1 Å². The van der Waals surface area contributed by atoms with E-state index in [1.807, 2.05) is 24.3 Å². The summed E-state index contributed by atoms with van der Waals surface area (Å²) in [6.45, 7) is 0.710. The maximum absolute atomic E-state index is 13.4. The van der Waals surface area contributed by atoms with E-state index in [0.717, 1.165) is 24.8 Å². The van der Waals surface area contributed by atoms with Gasteiger partial charge >= 0.3 is 5.97 Å². The van der Waals surface area contributed by atoms with Gasteiger partial charge in [-0.1, -0.05) is 12.1 Å². The SMILES string of the molecule is COC(=O)CC[C@H]1C(=O)N(c2ccc(F)cc2)[C@@H]1c1ccc(OC2CCCCO2)cc1. The number of β-lactam (4-membered cyclic amide) rings is 1. The summed E-state index contributed by atoms with van der Waals surface area (Å²) in [6, 6.07) is 13.2. The molecule has 2 aliphatic heterocycles. The Bertz CT molecular complexity index is 909. The second-order valence-electron chi connectivity index (χ2n) is 7.83. The summed E-state index contributed by atoms with van der Waals surface area (Å²) in [4.78, 5) is 26.2. The van der Waals surface area contributed by atoms with Crippen molar-refractivity contribution in [3.05, 3.63) is 59.9 Å². The monoisotopic (exact) mass is 427 g/mol. The minimum absolute atomic E-state index is 0.0866. The largest absolute Gasteiger partial charge is 0.469 e. The number of halogens is 1. The number of carbonyl (C=O) groups excluding carboxylic acids is 2. The van der Waals surface area contributed by atoms with Gasteiger partial charge in [0.25, 0.3) is 0 Å². The van der Waals surface area contributed by atoms with Crippen molar-refractivity contribution in [3.63, 3.8) is 0 Å². The van der Waals surface area contributed by atoms with Crippen LogP contribution in [0.4, 0.5) is 10.1 Å². The lowest BCUT2D eigenvalue weighted by molar-refractivity contribution is -0.141. The third kappa shape index (κ3) is 4.71. The third-order valence-corrected chi connectivity index (χ3v) is 5.83. The lowest BCUT2D eigenvalue weighted by Crippen LogP contribution is -2.55. The summed E-state index contributed by atoms with van der Waals surface area (Å²) >= 11 is 0. The molecule has 0 aromatic heterocycles. The van der Waals surface area contributed by atoms with Crippen LogP contribution in [-0.2, 0) is 19.1 Å². The van der Waals surface area contributed by atoms with E-state index in [4.69, 9.17) is 14.2 Å². The van der Waals surface area contributed by atoms with Crippen LogP contribution in [0.15, 0.2) is 48.5 Å². The number of methoxy groups -OCH3 is 1. The highest BCUT2D eigenvalue weighted by atomic mass is 19.1. The fraction of sp³-hybridized carbons (Fsp3) is 0.417. The fourth-order valence-corrected chi connectivity index (χ4v) is 4.18. The van der Waals surface area contributed by atoms with Gasteiger partial charge in [0.05, 0.1) is 25.7 Å². The number of amides is 1. The molecule has 0 spiro atoms. The maximum atomic E-state index is 13.4. The maximum Gasteiger partial charge on any atom is 0.305 e. The van der Waals surface area contributed by atoms with Crippen molar-refractivity contribution in [1.82, 2.24) is 0 Å². The molecule has 0 saturated carbocycles. The molecule has 6 nitrogen and oxygen atoms in total. The Kier molecular flexibility index (Phi) is 6.51. The van der Waals surface area contributed by atoms with E-state index in [1.165, 1.54) is 19.2 Å². The predicted molar refractivity (Wildman–Crippen MR) is 112 cm³/mol. The molecule has 3 atom stereocenters. The first kappa shape index (κ1) is 21.3. The molecular formula is C24H26FNO5. The summed E-state index contributed by atoms with van der Waals surface area (Å²) in [5, 5.41) is 0. The molecule has 2 aliphatic rings. The first-order chi connectivity index (χ1) is 15.1. The molecular weight excluding hydrogens is 401 g/mol. The molecule has 0 bridgehead atoms. The minimum Gasteiger partial charge on any atom is -0.469 e. The number of hydrogen-bond acceptors (Lipinski definition) is 5. The van der Waals surface area contributed by atoms with E-state index in [0.29, 0.717) is 24.5 Å². The molecule has 2 saturated heterocycles. The average Bonchev–Trinajstić information content (AvgIpc) is 2.80. The Morgan fingerprint density at radius 3 is 2.52 bits per heavy atom. The number of hydrogen-bond donors (Lipinski definition) is 0. The topological polar surface area (TPSA) is 65.1 Å². The Morgan fingerprint density at radius 2 is 1.87 bits per heavy atom. The number of nitrogens with zero attached hydrogens (tertiary/aromatic N) is 1. The van der Waals surface area contributed by atoms with Crippen molar-refractivity contribution in [1.29, 1.82) is 0 Å². The predicted octanol–water partition coefficient (Wildman–Crippen LogP) is 4.39. The highest BCUT2D eigenvalue weighted by Gasteiger charge is 2.48. The zero-order valence-electron chi connectivity index (χ0n) is 17.5. The van der Waals surface area contributed by atoms with Gasteiger partial charge in [0.1, 0.15) is 11.6 Å². The molecule has 2 heterocycles. The summed E-state index contributed by atoms with van der Waals surface area (Å²) in [5.74, 6) is -0.431. The van der Waals surface area contributed by atoms with Gasteiger partial charge in [-0.05, 0) is 61.2 Å². The Labute approximate surface area is 180 Å². The van der Waals surface area contributed by atoms with Crippen LogP contribution in [0, 0.1) is 11.7 Å². The van der Waals surface area contributed by atoms with Gasteiger partial charge in [0, 0.05) is 18.5 Å². The minimum atomic E-state index is -0.359. The summed E-state index contributed by atoms with van der Waals surface area (Å²) < 4.78 is 29.6. The fourth-order valence-electron chi connectivity index (χ4n) is 4.18. The van der Waals surface area contributed by atoms with Crippen LogP contribution in [0.3, 0.4) is 0 Å². The molecule has 31 heavy (non-hydrogen) atoms. The van der Waals surface area contributed by atoms with Crippen molar-refractivity contribution >= 4 is 17.6 Å². The zero-order chi connectivity index (χ0) is 21.8. The Balaban J connectivity index is 1.53. The number of ether oxygens (including phenoxy) is 3. The van der Waals surface area contributed by atoms with Gasteiger partial charge in [0.15, 0.2) is 6.29 Å². The smallest absolute Gasteiger partial charge is 0.305 e. The molecule has 164 valence electrons. The van der Waals surface area contributed by atoms with Gasteiger partial charge in [-0.2, -0.15) is 0 Å². The van der Waals surface area contributed by atoms with E-state index < -0.39 is 0 Å². The van der Waals surface area contributed by atoms with Gasteiger partial charge in [-0.25, -0.2) is 4.39 Å². The summed E-state index contributed by atoms with van der Waals surface area (Å²) in [5.41, 5.74) is 1.55. The van der Waals surface area contributed by atoms with E-state index >= 15 is 0 Å². The second kappa shape index (κ2) is 9.47. The Morgan fingerprint density at radius 1 is 1.13 bits per heavy atom. The van der Waals surface area contributed by atoms with E-state index in [2.05, 4.69) is 0 Å². The van der Waals surface area contributed by atoms with E-state index in [-0.39, 0.29) is 42.4 Å². The van der Waals surface area contributed by atoms with Gasteiger partial charge in [-0.15, -0.1) is 0 Å². The van der Waals surface area contributed by atoms with Gasteiger partial charge in [0.2, 0.25) is 5.91 Å². The van der Waals surface area contributed by atoms with Crippen molar-refractivity contribution in [2.75, 3.05) is 18.6 Å². The van der Waals surface area contributed by atoms with E-state index in [9.17, 15) is 14.0 Å². The van der Waals surface area contributed by atoms with Crippen LogP contribution in [0.25, 0.3) is 0 Å². The summed E-state index contributed by atoms with van der Waals surface area (Å²) in [7, 11) is 1.34. The standard InChI is InChI=1S/C24H26FNO5/c1-29-21(27)14-13-20-23(26(24(20)28)18-9-7-17(25)8-10-18)16-5-11-19(12-6-16)31-22-4-2-3-15-30-22/h5-12,20,22-23H,2-4,13-15H2,1H3/t20-,22?,23-/m1/s1. The van der Waals surface area contributed by atoms with Crippen LogP contribution in [-0.4, -0.2) is 31.9 Å². The molecule has 2 aromatic rings. The molecule has 0 radical (unpaired) electrons. The van der Waals surface area contributed by atoms with E-state index in [1.54, 1.807) is 17.0 Å².